The number of carbonyl (C=O) groups is 1. The molecule has 1 amide bonds. The van der Waals surface area contributed by atoms with Gasteiger partial charge in [-0.1, -0.05) is 13.8 Å². The average Bonchev–Trinajstić information content (AvgIpc) is 2.19. The van der Waals surface area contributed by atoms with E-state index >= 15 is 0 Å². The van der Waals surface area contributed by atoms with Gasteiger partial charge in [0.15, 0.2) is 9.84 Å². The van der Waals surface area contributed by atoms with E-state index in [0.717, 1.165) is 6.26 Å². The summed E-state index contributed by atoms with van der Waals surface area (Å²) >= 11 is 0. The van der Waals surface area contributed by atoms with Crippen LogP contribution in [0.1, 0.15) is 20.8 Å². The van der Waals surface area contributed by atoms with Gasteiger partial charge in [0.05, 0.1) is 4.90 Å². The first kappa shape index (κ1) is 14.6. The molecule has 0 atom stereocenters. The zero-order valence-electron chi connectivity index (χ0n) is 9.94. The van der Waals surface area contributed by atoms with E-state index in [9.17, 15) is 13.2 Å². The van der Waals surface area contributed by atoms with Crippen LogP contribution in [0.4, 0.5) is 5.69 Å². The molecule has 0 saturated carbocycles. The average molecular weight is 243 g/mol. The summed E-state index contributed by atoms with van der Waals surface area (Å²) < 4.78 is 22.2. The highest BCUT2D eigenvalue weighted by Gasteiger charge is 2.05. The summed E-state index contributed by atoms with van der Waals surface area (Å²) in [5.41, 5.74) is 0.588. The minimum atomic E-state index is -3.16. The lowest BCUT2D eigenvalue weighted by Gasteiger charge is -2.02. The van der Waals surface area contributed by atoms with E-state index in [1.54, 1.807) is 12.1 Å². The lowest BCUT2D eigenvalue weighted by molar-refractivity contribution is -0.114. The minimum Gasteiger partial charge on any atom is -0.326 e. The molecule has 0 fully saturated rings. The molecule has 0 aliphatic heterocycles. The quantitative estimate of drug-likeness (QED) is 0.865. The van der Waals surface area contributed by atoms with E-state index < -0.39 is 9.84 Å². The topological polar surface area (TPSA) is 63.2 Å². The smallest absolute Gasteiger partial charge is 0.221 e. The summed E-state index contributed by atoms with van der Waals surface area (Å²) in [6.45, 7) is 5.39. The number of nitrogens with one attached hydrogen (secondary N) is 1. The van der Waals surface area contributed by atoms with E-state index in [2.05, 4.69) is 5.32 Å². The molecule has 1 rings (SSSR count). The minimum absolute atomic E-state index is 0.183. The third kappa shape index (κ3) is 4.93. The van der Waals surface area contributed by atoms with E-state index in [4.69, 9.17) is 0 Å². The molecule has 1 aromatic rings. The van der Waals surface area contributed by atoms with Crippen LogP contribution in [-0.4, -0.2) is 20.6 Å². The fourth-order valence-corrected chi connectivity index (χ4v) is 1.62. The Labute approximate surface area is 96.6 Å². The van der Waals surface area contributed by atoms with Crippen LogP contribution in [0.5, 0.6) is 0 Å². The molecular weight excluding hydrogens is 226 g/mol. The Balaban J connectivity index is 0.00000106. The Kier molecular flexibility index (Phi) is 5.74. The third-order valence-electron chi connectivity index (χ3n) is 1.60. The van der Waals surface area contributed by atoms with E-state index in [1.807, 2.05) is 13.8 Å². The van der Waals surface area contributed by atoms with Crippen molar-refractivity contribution < 1.29 is 13.2 Å². The Bertz CT molecular complexity index is 435. The maximum absolute atomic E-state index is 11.1. The SMILES string of the molecule is CC.CC(=O)Nc1ccc(S(C)(=O)=O)cc1. The number of carbonyl (C=O) groups excluding carboxylic acids is 1. The monoisotopic (exact) mass is 243 g/mol. The Morgan fingerprint density at radius 1 is 1.12 bits per heavy atom. The number of rotatable bonds is 2. The summed E-state index contributed by atoms with van der Waals surface area (Å²) in [5, 5.41) is 2.55. The van der Waals surface area contributed by atoms with Crippen LogP contribution in [0, 0.1) is 0 Å². The first-order valence-corrected chi connectivity index (χ1v) is 6.86. The standard InChI is InChI=1S/C9H11NO3S.C2H6/c1-7(11)10-8-3-5-9(6-4-8)14(2,12)13;1-2/h3-6H,1-2H3,(H,10,11);1-2H3. The van der Waals surface area contributed by atoms with Crippen molar-refractivity contribution in [2.75, 3.05) is 11.6 Å². The molecule has 1 N–H and O–H groups in total. The lowest BCUT2D eigenvalue weighted by Crippen LogP contribution is -2.05. The van der Waals surface area contributed by atoms with Crippen molar-refractivity contribution in [2.24, 2.45) is 0 Å². The molecule has 0 heterocycles. The molecule has 90 valence electrons. The molecule has 0 unspecified atom stereocenters. The molecule has 16 heavy (non-hydrogen) atoms. The Hall–Kier alpha value is -1.36. The van der Waals surface area contributed by atoms with Gasteiger partial charge >= 0.3 is 0 Å². The fraction of sp³-hybridized carbons (Fsp3) is 0.364. The van der Waals surface area contributed by atoms with Gasteiger partial charge < -0.3 is 5.32 Å². The van der Waals surface area contributed by atoms with Gasteiger partial charge in [0, 0.05) is 18.9 Å². The van der Waals surface area contributed by atoms with Gasteiger partial charge in [0.1, 0.15) is 0 Å². The highest BCUT2D eigenvalue weighted by atomic mass is 32.2. The number of hydrogen-bond donors (Lipinski definition) is 1. The van der Waals surface area contributed by atoms with Crippen molar-refractivity contribution >= 4 is 21.4 Å². The second kappa shape index (κ2) is 6.27. The molecule has 4 nitrogen and oxygen atoms in total. The molecule has 0 saturated heterocycles. The van der Waals surface area contributed by atoms with Crippen molar-refractivity contribution in [3.8, 4) is 0 Å². The predicted octanol–water partition coefficient (Wildman–Crippen LogP) is 2.07. The van der Waals surface area contributed by atoms with E-state index in [1.165, 1.54) is 19.1 Å². The van der Waals surface area contributed by atoms with Crippen LogP contribution >= 0.6 is 0 Å². The molecule has 0 aromatic heterocycles. The Morgan fingerprint density at radius 2 is 1.56 bits per heavy atom. The van der Waals surface area contributed by atoms with Gasteiger partial charge in [-0.2, -0.15) is 0 Å². The van der Waals surface area contributed by atoms with Gasteiger partial charge in [-0.05, 0) is 24.3 Å². The second-order valence-corrected chi connectivity index (χ2v) is 4.99. The number of benzene rings is 1. The van der Waals surface area contributed by atoms with Gasteiger partial charge in [0.2, 0.25) is 5.91 Å². The Morgan fingerprint density at radius 3 is 1.88 bits per heavy atom. The number of hydrogen-bond acceptors (Lipinski definition) is 3. The predicted molar refractivity (Wildman–Crippen MR) is 65.2 cm³/mol. The van der Waals surface area contributed by atoms with Crippen LogP contribution in [0.25, 0.3) is 0 Å². The van der Waals surface area contributed by atoms with Crippen LogP contribution in [0.2, 0.25) is 0 Å². The van der Waals surface area contributed by atoms with Crippen LogP contribution in [-0.2, 0) is 14.6 Å². The molecule has 5 heteroatoms. The fourth-order valence-electron chi connectivity index (χ4n) is 0.989. The summed E-state index contributed by atoms with van der Waals surface area (Å²) in [6, 6.07) is 6.02. The summed E-state index contributed by atoms with van der Waals surface area (Å²) in [5.74, 6) is -0.183. The van der Waals surface area contributed by atoms with Gasteiger partial charge in [-0.3, -0.25) is 4.79 Å². The third-order valence-corrected chi connectivity index (χ3v) is 2.73. The normalized spacial score (nSPS) is 10.0. The highest BCUT2D eigenvalue weighted by Crippen LogP contribution is 2.13. The largest absolute Gasteiger partial charge is 0.326 e. The van der Waals surface area contributed by atoms with Crippen molar-refractivity contribution in [3.05, 3.63) is 24.3 Å². The number of amides is 1. The molecular formula is C11H17NO3S. The maximum atomic E-state index is 11.1. The lowest BCUT2D eigenvalue weighted by atomic mass is 10.3. The first-order chi connectivity index (χ1) is 7.39. The van der Waals surface area contributed by atoms with Crippen molar-refractivity contribution in [2.45, 2.75) is 25.7 Å². The second-order valence-electron chi connectivity index (χ2n) is 2.98. The van der Waals surface area contributed by atoms with Crippen LogP contribution in [0.3, 0.4) is 0 Å². The molecule has 1 aromatic carbocycles. The molecule has 0 bridgehead atoms. The van der Waals surface area contributed by atoms with Crippen molar-refractivity contribution in [3.63, 3.8) is 0 Å². The van der Waals surface area contributed by atoms with Gasteiger partial charge in [0.25, 0.3) is 0 Å². The van der Waals surface area contributed by atoms with Gasteiger partial charge in [-0.15, -0.1) is 0 Å². The molecule has 0 spiro atoms. The maximum Gasteiger partial charge on any atom is 0.221 e. The highest BCUT2D eigenvalue weighted by molar-refractivity contribution is 7.90. The number of sulfone groups is 1. The first-order valence-electron chi connectivity index (χ1n) is 4.97. The zero-order chi connectivity index (χ0) is 12.8. The summed E-state index contributed by atoms with van der Waals surface area (Å²) in [4.78, 5) is 10.9. The molecule has 0 aliphatic carbocycles. The molecule has 0 radical (unpaired) electrons. The van der Waals surface area contributed by atoms with E-state index in [0.29, 0.717) is 5.69 Å². The van der Waals surface area contributed by atoms with Crippen LogP contribution in [0.15, 0.2) is 29.2 Å². The van der Waals surface area contributed by atoms with Gasteiger partial charge in [-0.25, -0.2) is 8.42 Å². The van der Waals surface area contributed by atoms with E-state index in [-0.39, 0.29) is 10.8 Å². The molecule has 0 aliphatic rings. The summed E-state index contributed by atoms with van der Waals surface area (Å²) in [7, 11) is -3.16. The van der Waals surface area contributed by atoms with Crippen LogP contribution < -0.4 is 5.32 Å². The van der Waals surface area contributed by atoms with Crippen molar-refractivity contribution in [1.82, 2.24) is 0 Å². The summed E-state index contributed by atoms with van der Waals surface area (Å²) in [6.07, 6.45) is 1.14. The zero-order valence-corrected chi connectivity index (χ0v) is 10.8. The number of anilines is 1. The van der Waals surface area contributed by atoms with Crippen molar-refractivity contribution in [1.29, 1.82) is 0 Å².